The second-order valence-corrected chi connectivity index (χ2v) is 9.81. The Balaban J connectivity index is 0.000000541. The van der Waals surface area contributed by atoms with E-state index in [0.717, 1.165) is 22.7 Å². The van der Waals surface area contributed by atoms with Crippen LogP contribution in [0.15, 0.2) is 66.7 Å². The lowest BCUT2D eigenvalue weighted by atomic mass is 10.1. The first kappa shape index (κ1) is 30.8. The fourth-order valence-corrected chi connectivity index (χ4v) is 4.36. The number of hydrogen-bond donors (Lipinski definition) is 3. The minimum absolute atomic E-state index is 0.0483. The van der Waals surface area contributed by atoms with E-state index in [0.29, 0.717) is 48.7 Å². The lowest BCUT2D eigenvalue weighted by Gasteiger charge is -2.25. The smallest absolute Gasteiger partial charge is 0.475 e. The molecule has 2 aromatic heterocycles. The number of rotatable bonds is 7. The Hall–Kier alpha value is -5.11. The van der Waals surface area contributed by atoms with Gasteiger partial charge in [-0.2, -0.15) is 13.2 Å². The second kappa shape index (κ2) is 12.8. The molecule has 11 nitrogen and oxygen atoms in total. The molecule has 226 valence electrons. The molecule has 0 aliphatic carbocycles. The molecule has 2 aromatic carbocycles. The van der Waals surface area contributed by atoms with Crippen LogP contribution >= 0.6 is 0 Å². The first-order valence-electron chi connectivity index (χ1n) is 13.0. The van der Waals surface area contributed by atoms with Gasteiger partial charge in [0, 0.05) is 31.1 Å². The van der Waals surface area contributed by atoms with Crippen molar-refractivity contribution in [3.8, 4) is 22.8 Å². The van der Waals surface area contributed by atoms with Gasteiger partial charge in [0.1, 0.15) is 17.1 Å². The second-order valence-electron chi connectivity index (χ2n) is 9.81. The van der Waals surface area contributed by atoms with Crippen LogP contribution in [0.2, 0.25) is 0 Å². The van der Waals surface area contributed by atoms with Crippen molar-refractivity contribution < 1.29 is 37.4 Å². The largest absolute Gasteiger partial charge is 0.490 e. The molecule has 0 saturated heterocycles. The van der Waals surface area contributed by atoms with Crippen molar-refractivity contribution in [1.82, 2.24) is 24.4 Å². The van der Waals surface area contributed by atoms with Crippen LogP contribution in [0.5, 0.6) is 11.5 Å². The number of carbonyl (C=O) groups excluding carboxylic acids is 2. The van der Waals surface area contributed by atoms with Gasteiger partial charge < -0.3 is 25.4 Å². The molecule has 0 fully saturated rings. The number of nitrogens with zero attached hydrogens (tertiary/aromatic N) is 4. The standard InChI is InChI=1S/C27H28N6O3.C2HF3O2/c1-31(2)15-6-9-23(34)32-16-14-22-21(17-32)29-27-24(26(28)35)25(30-33(22)27)18-10-12-20(13-11-18)36-19-7-4-3-5-8-19;3-2(4,5)1(6)7/h3-13,30H,14-17H2,1-2H3,(H2,28,35);(H,6,7)/b9-6+;. The van der Waals surface area contributed by atoms with Crippen molar-refractivity contribution in [2.75, 3.05) is 27.2 Å². The van der Waals surface area contributed by atoms with Gasteiger partial charge in [0.25, 0.3) is 5.91 Å². The number of amides is 2. The zero-order valence-electron chi connectivity index (χ0n) is 23.3. The topological polar surface area (TPSA) is 146 Å². The zero-order chi connectivity index (χ0) is 31.3. The summed E-state index contributed by atoms with van der Waals surface area (Å²) in [5.74, 6) is -1.94. The van der Waals surface area contributed by atoms with E-state index in [1.807, 2.05) is 84.2 Å². The predicted molar refractivity (Wildman–Crippen MR) is 151 cm³/mol. The van der Waals surface area contributed by atoms with Crippen LogP contribution in [-0.2, 0) is 22.6 Å². The molecule has 0 saturated carbocycles. The summed E-state index contributed by atoms with van der Waals surface area (Å²) < 4.78 is 39.4. The highest BCUT2D eigenvalue weighted by molar-refractivity contribution is 6.05. The number of benzene rings is 2. The molecular weight excluding hydrogens is 569 g/mol. The molecular formula is C29H29F3N6O5. The van der Waals surface area contributed by atoms with Crippen molar-refractivity contribution in [3.05, 3.63) is 83.7 Å². The summed E-state index contributed by atoms with van der Waals surface area (Å²) in [7, 11) is 3.90. The number of likely N-dealkylation sites (N-methyl/N-ethyl adjacent to an activating group) is 1. The number of nitrogens with one attached hydrogen (secondary N) is 1. The van der Waals surface area contributed by atoms with Crippen LogP contribution in [0, 0.1) is 0 Å². The summed E-state index contributed by atoms with van der Waals surface area (Å²) >= 11 is 0. The molecule has 1 aliphatic heterocycles. The van der Waals surface area contributed by atoms with Gasteiger partial charge in [-0.05, 0) is 50.5 Å². The van der Waals surface area contributed by atoms with Gasteiger partial charge in [0.15, 0.2) is 5.65 Å². The maximum atomic E-state index is 12.6. The summed E-state index contributed by atoms with van der Waals surface area (Å²) in [6, 6.07) is 17.0. The minimum atomic E-state index is -5.08. The number of para-hydroxylation sites is 1. The highest BCUT2D eigenvalue weighted by Gasteiger charge is 2.38. The van der Waals surface area contributed by atoms with E-state index in [4.69, 9.17) is 25.4 Å². The summed E-state index contributed by atoms with van der Waals surface area (Å²) in [6.45, 7) is 1.65. The highest BCUT2D eigenvalue weighted by Crippen LogP contribution is 2.31. The Kier molecular flexibility index (Phi) is 9.19. The molecule has 5 rings (SSSR count). The Morgan fingerprint density at radius 1 is 1.09 bits per heavy atom. The quantitative estimate of drug-likeness (QED) is 0.274. The van der Waals surface area contributed by atoms with Gasteiger partial charge in [0.2, 0.25) is 5.91 Å². The number of carbonyl (C=O) groups is 3. The summed E-state index contributed by atoms with van der Waals surface area (Å²) in [5, 5.41) is 10.4. The number of aromatic amines is 1. The molecule has 3 heterocycles. The fourth-order valence-electron chi connectivity index (χ4n) is 4.36. The predicted octanol–water partition coefficient (Wildman–Crippen LogP) is 3.86. The van der Waals surface area contributed by atoms with Crippen LogP contribution in [0.4, 0.5) is 13.2 Å². The molecule has 14 heteroatoms. The van der Waals surface area contributed by atoms with Gasteiger partial charge in [-0.1, -0.05) is 24.3 Å². The molecule has 2 amide bonds. The zero-order valence-corrected chi connectivity index (χ0v) is 23.3. The number of nitrogens with two attached hydrogens (primary N) is 1. The molecule has 0 atom stereocenters. The number of alkyl halides is 3. The number of aliphatic carboxylic acids is 1. The van der Waals surface area contributed by atoms with Crippen LogP contribution in [0.3, 0.4) is 0 Å². The van der Waals surface area contributed by atoms with Gasteiger partial charge in [0.05, 0.1) is 23.6 Å². The SMILES string of the molecule is CN(C)C/C=C/C(=O)N1CCc2c(nc3c(C(N)=O)c(-c4ccc(Oc5ccccc5)cc4)[nH]n23)C1.O=C(O)C(F)(F)F. The third-order valence-electron chi connectivity index (χ3n) is 6.37. The number of ether oxygens (including phenoxy) is 1. The average molecular weight is 599 g/mol. The van der Waals surface area contributed by atoms with E-state index in [1.165, 1.54) is 0 Å². The van der Waals surface area contributed by atoms with Crippen molar-refractivity contribution in [2.24, 2.45) is 5.73 Å². The van der Waals surface area contributed by atoms with Gasteiger partial charge in [-0.25, -0.2) is 14.3 Å². The molecule has 0 unspecified atom stereocenters. The summed E-state index contributed by atoms with van der Waals surface area (Å²) in [6.07, 6.45) is -1.01. The van der Waals surface area contributed by atoms with Crippen molar-refractivity contribution in [2.45, 2.75) is 19.1 Å². The van der Waals surface area contributed by atoms with Gasteiger partial charge in [-0.3, -0.25) is 14.7 Å². The number of imidazole rings is 1. The lowest BCUT2D eigenvalue weighted by molar-refractivity contribution is -0.192. The average Bonchev–Trinajstić information content (AvgIpc) is 3.49. The summed E-state index contributed by atoms with van der Waals surface area (Å²) in [5.41, 5.74) is 9.70. The molecule has 4 aromatic rings. The van der Waals surface area contributed by atoms with E-state index in [1.54, 1.807) is 11.0 Å². The van der Waals surface area contributed by atoms with Crippen LogP contribution in [0.25, 0.3) is 16.9 Å². The fraction of sp³-hybridized carbons (Fsp3) is 0.241. The van der Waals surface area contributed by atoms with E-state index in [2.05, 4.69) is 5.10 Å². The van der Waals surface area contributed by atoms with E-state index in [9.17, 15) is 22.8 Å². The maximum absolute atomic E-state index is 12.6. The van der Waals surface area contributed by atoms with Crippen molar-refractivity contribution >= 4 is 23.4 Å². The Morgan fingerprint density at radius 3 is 2.30 bits per heavy atom. The summed E-state index contributed by atoms with van der Waals surface area (Å²) in [4.78, 5) is 42.4. The van der Waals surface area contributed by atoms with Gasteiger partial charge in [-0.15, -0.1) is 0 Å². The monoisotopic (exact) mass is 598 g/mol. The Labute approximate surface area is 243 Å². The molecule has 43 heavy (non-hydrogen) atoms. The number of carboxylic acid groups (broad SMARTS) is 1. The Morgan fingerprint density at radius 2 is 1.72 bits per heavy atom. The first-order valence-corrected chi connectivity index (χ1v) is 13.0. The van der Waals surface area contributed by atoms with E-state index >= 15 is 0 Å². The molecule has 0 spiro atoms. The van der Waals surface area contributed by atoms with E-state index in [-0.39, 0.29) is 5.91 Å². The number of halogens is 3. The molecule has 4 N–H and O–H groups in total. The molecule has 0 radical (unpaired) electrons. The molecule has 1 aliphatic rings. The van der Waals surface area contributed by atoms with Crippen LogP contribution < -0.4 is 10.5 Å². The minimum Gasteiger partial charge on any atom is -0.475 e. The third-order valence-corrected chi connectivity index (χ3v) is 6.37. The third kappa shape index (κ3) is 7.40. The maximum Gasteiger partial charge on any atom is 0.490 e. The lowest BCUT2D eigenvalue weighted by Crippen LogP contribution is -2.35. The van der Waals surface area contributed by atoms with Crippen molar-refractivity contribution in [3.63, 3.8) is 0 Å². The van der Waals surface area contributed by atoms with Gasteiger partial charge >= 0.3 is 12.1 Å². The number of H-pyrrole nitrogens is 1. The normalized spacial score (nSPS) is 13.1. The van der Waals surface area contributed by atoms with E-state index < -0.39 is 18.1 Å². The van der Waals surface area contributed by atoms with Crippen LogP contribution in [-0.4, -0.2) is 80.6 Å². The van der Waals surface area contributed by atoms with Crippen LogP contribution in [0.1, 0.15) is 21.7 Å². The first-order chi connectivity index (χ1) is 20.3. The highest BCUT2D eigenvalue weighted by atomic mass is 19.4. The van der Waals surface area contributed by atoms with Crippen molar-refractivity contribution in [1.29, 1.82) is 0 Å². The number of primary amides is 1. The molecule has 0 bridgehead atoms. The Bertz CT molecular complexity index is 1640. The number of carboxylic acids is 1. The number of fused-ring (bicyclic) bond motifs is 3. The number of hydrogen-bond acceptors (Lipinski definition) is 6. The number of aromatic nitrogens is 3.